The summed E-state index contributed by atoms with van der Waals surface area (Å²) in [7, 11) is 4.18. The third kappa shape index (κ3) is 7.15. The molecule has 0 fully saturated rings. The molecule has 0 aliphatic carbocycles. The van der Waals surface area contributed by atoms with Gasteiger partial charge in [-0.05, 0) is 64.3 Å². The van der Waals surface area contributed by atoms with Crippen LogP contribution >= 0.6 is 11.6 Å². The van der Waals surface area contributed by atoms with Crippen LogP contribution in [0.3, 0.4) is 0 Å². The van der Waals surface area contributed by atoms with E-state index in [9.17, 15) is 0 Å². The highest BCUT2D eigenvalue weighted by Crippen LogP contribution is 2.26. The van der Waals surface area contributed by atoms with Crippen molar-refractivity contribution in [3.05, 3.63) is 46.7 Å². The van der Waals surface area contributed by atoms with Crippen LogP contribution in [0.15, 0.2) is 34.7 Å². The number of rotatable bonds is 7. The van der Waals surface area contributed by atoms with Crippen LogP contribution < -0.4 is 30.1 Å². The third-order valence-corrected chi connectivity index (χ3v) is 3.78. The van der Waals surface area contributed by atoms with E-state index in [0.717, 1.165) is 53.7 Å². The van der Waals surface area contributed by atoms with E-state index >= 15 is 0 Å². The minimum atomic E-state index is 0. The Bertz CT molecular complexity index is 585. The van der Waals surface area contributed by atoms with Crippen molar-refractivity contribution in [2.24, 2.45) is 0 Å². The first-order chi connectivity index (χ1) is 10.1. The highest BCUT2D eigenvalue weighted by Gasteiger charge is 2.06. The first-order valence-corrected chi connectivity index (χ1v) is 7.65. The summed E-state index contributed by atoms with van der Waals surface area (Å²) in [6, 6.07) is 10.0. The predicted octanol–water partition coefficient (Wildman–Crippen LogP) is -2.04. The second kappa shape index (κ2) is 11.0. The third-order valence-electron chi connectivity index (χ3n) is 3.38. The van der Waals surface area contributed by atoms with E-state index in [1.807, 2.05) is 37.3 Å². The lowest BCUT2D eigenvalue weighted by Gasteiger charge is -2.09. The van der Waals surface area contributed by atoms with Crippen molar-refractivity contribution in [2.45, 2.75) is 19.9 Å². The molecule has 1 heterocycles. The van der Waals surface area contributed by atoms with Crippen LogP contribution in [-0.4, -0.2) is 32.1 Å². The van der Waals surface area contributed by atoms with Crippen LogP contribution in [0.5, 0.6) is 0 Å². The molecule has 0 spiro atoms. The Hall–Kier alpha value is -0.710. The van der Waals surface area contributed by atoms with Gasteiger partial charge in [-0.1, -0.05) is 23.7 Å². The van der Waals surface area contributed by atoms with Gasteiger partial charge < -0.3 is 39.4 Å². The topological polar surface area (TPSA) is 28.4 Å². The zero-order valence-electron chi connectivity index (χ0n) is 13.7. The van der Waals surface area contributed by atoms with Gasteiger partial charge >= 0.3 is 0 Å². The Morgan fingerprint density at radius 3 is 2.52 bits per heavy atom. The molecule has 6 heteroatoms. The van der Waals surface area contributed by atoms with Crippen molar-refractivity contribution in [1.82, 2.24) is 10.2 Å². The van der Waals surface area contributed by atoms with Gasteiger partial charge in [0.05, 0.1) is 6.54 Å². The van der Waals surface area contributed by atoms with E-state index in [2.05, 4.69) is 24.3 Å². The predicted molar refractivity (Wildman–Crippen MR) is 88.8 cm³/mol. The van der Waals surface area contributed by atoms with Crippen LogP contribution in [-0.2, 0) is 6.54 Å². The fourth-order valence-electron chi connectivity index (χ4n) is 2.11. The first kappa shape index (κ1) is 22.3. The smallest absolute Gasteiger partial charge is 0.134 e. The largest absolute Gasteiger partial charge is 1.00 e. The second-order valence-electron chi connectivity index (χ2n) is 5.56. The zero-order chi connectivity index (χ0) is 15.2. The number of hydrogen-bond donors (Lipinski definition) is 1. The van der Waals surface area contributed by atoms with E-state index in [0.29, 0.717) is 0 Å². The van der Waals surface area contributed by atoms with Gasteiger partial charge in [-0.2, -0.15) is 0 Å². The van der Waals surface area contributed by atoms with Gasteiger partial charge in [-0.3, -0.25) is 0 Å². The lowest BCUT2D eigenvalue weighted by atomic mass is 10.1. The maximum Gasteiger partial charge on any atom is 0.134 e. The van der Waals surface area contributed by atoms with Crippen molar-refractivity contribution >= 4 is 11.6 Å². The van der Waals surface area contributed by atoms with E-state index in [1.54, 1.807) is 0 Å². The molecule has 1 aromatic heterocycles. The molecule has 0 saturated heterocycles. The molecule has 0 unspecified atom stereocenters. The Kier molecular flexibility index (Phi) is 10.6. The quantitative estimate of drug-likeness (QED) is 0.564. The fourth-order valence-corrected chi connectivity index (χ4v) is 2.29. The average molecular weight is 378 g/mol. The molecule has 3 nitrogen and oxygen atoms in total. The molecule has 1 aromatic carbocycles. The molecule has 130 valence electrons. The maximum atomic E-state index is 6.16. The van der Waals surface area contributed by atoms with Crippen LogP contribution in [0.25, 0.3) is 11.3 Å². The Morgan fingerprint density at radius 1 is 1.13 bits per heavy atom. The summed E-state index contributed by atoms with van der Waals surface area (Å²) >= 11 is 6.16. The minimum absolute atomic E-state index is 0. The molecule has 0 saturated carbocycles. The van der Waals surface area contributed by atoms with Gasteiger partial charge in [-0.25, -0.2) is 0 Å². The normalized spacial score (nSPS) is 10.3. The number of benzene rings is 1. The molecule has 0 aliphatic heterocycles. The van der Waals surface area contributed by atoms with Gasteiger partial charge in [0.25, 0.3) is 0 Å². The number of aryl methyl sites for hydroxylation is 1. The Labute approximate surface area is 156 Å². The molecule has 0 atom stereocenters. The minimum Gasteiger partial charge on any atom is -1.00 e. The molecule has 0 bridgehead atoms. The molecular weight excluding hydrogens is 355 g/mol. The second-order valence-corrected chi connectivity index (χ2v) is 5.97. The summed E-state index contributed by atoms with van der Waals surface area (Å²) in [5.74, 6) is 1.81. The van der Waals surface area contributed by atoms with E-state index in [-0.39, 0.29) is 24.8 Å². The van der Waals surface area contributed by atoms with Gasteiger partial charge in [-0.15, -0.1) is 0 Å². The summed E-state index contributed by atoms with van der Waals surface area (Å²) in [6.45, 7) is 4.84. The lowest BCUT2D eigenvalue weighted by Crippen LogP contribution is -3.00. The van der Waals surface area contributed by atoms with Crippen LogP contribution in [0.1, 0.15) is 17.7 Å². The Balaban J connectivity index is 0.00000242. The summed E-state index contributed by atoms with van der Waals surface area (Å²) < 4.78 is 5.86. The van der Waals surface area contributed by atoms with Crippen LogP contribution in [0.2, 0.25) is 5.02 Å². The van der Waals surface area contributed by atoms with Gasteiger partial charge in [0, 0.05) is 10.6 Å². The fraction of sp³-hybridized carbons (Fsp3) is 0.412. The average Bonchev–Trinajstić information content (AvgIpc) is 2.90. The summed E-state index contributed by atoms with van der Waals surface area (Å²) in [4.78, 5) is 2.19. The number of furan rings is 1. The van der Waals surface area contributed by atoms with E-state index in [4.69, 9.17) is 16.0 Å². The van der Waals surface area contributed by atoms with Crippen LogP contribution in [0, 0.1) is 6.92 Å². The number of halogens is 3. The summed E-state index contributed by atoms with van der Waals surface area (Å²) in [5.41, 5.74) is 2.10. The van der Waals surface area contributed by atoms with E-state index < -0.39 is 0 Å². The zero-order valence-corrected chi connectivity index (χ0v) is 16.0. The van der Waals surface area contributed by atoms with Crippen molar-refractivity contribution in [2.75, 3.05) is 27.2 Å². The molecule has 0 radical (unpaired) electrons. The Morgan fingerprint density at radius 2 is 1.87 bits per heavy atom. The molecular formula is C17H23Cl3N2O-2. The SMILES string of the molecule is Cc1ccc(-c2ccc(CNCCCN(C)C)o2)cc1Cl.[Cl-].[Cl-]. The van der Waals surface area contributed by atoms with Crippen molar-refractivity contribution < 1.29 is 29.2 Å². The molecule has 2 rings (SSSR count). The number of hydrogen-bond acceptors (Lipinski definition) is 3. The van der Waals surface area contributed by atoms with Gasteiger partial charge in [0.2, 0.25) is 0 Å². The molecule has 2 aromatic rings. The molecule has 0 aliphatic rings. The van der Waals surface area contributed by atoms with Crippen molar-refractivity contribution in [3.63, 3.8) is 0 Å². The van der Waals surface area contributed by atoms with Crippen LogP contribution in [0.4, 0.5) is 0 Å². The molecule has 0 amide bonds. The monoisotopic (exact) mass is 376 g/mol. The standard InChI is InChI=1S/C17H23ClN2O.2ClH/c1-13-5-6-14(11-16(13)18)17-8-7-15(21-17)12-19-9-4-10-20(2)3;;/h5-8,11,19H,4,9-10,12H2,1-3H3;2*1H/p-2. The van der Waals surface area contributed by atoms with Crippen molar-refractivity contribution in [3.8, 4) is 11.3 Å². The summed E-state index contributed by atoms with van der Waals surface area (Å²) in [6.07, 6.45) is 1.13. The lowest BCUT2D eigenvalue weighted by molar-refractivity contribution is -0.00100. The number of nitrogens with one attached hydrogen (secondary N) is 1. The van der Waals surface area contributed by atoms with Gasteiger partial charge in [0.1, 0.15) is 11.5 Å². The van der Waals surface area contributed by atoms with Gasteiger partial charge in [0.15, 0.2) is 0 Å². The highest BCUT2D eigenvalue weighted by molar-refractivity contribution is 6.31. The summed E-state index contributed by atoms with van der Waals surface area (Å²) in [5, 5.41) is 4.17. The highest BCUT2D eigenvalue weighted by atomic mass is 35.5. The molecule has 1 N–H and O–H groups in total. The first-order valence-electron chi connectivity index (χ1n) is 7.27. The van der Waals surface area contributed by atoms with Crippen molar-refractivity contribution in [1.29, 1.82) is 0 Å². The molecule has 23 heavy (non-hydrogen) atoms. The van der Waals surface area contributed by atoms with E-state index in [1.165, 1.54) is 0 Å². The number of nitrogens with zero attached hydrogens (tertiary/aromatic N) is 1. The maximum absolute atomic E-state index is 6.16.